The molecule has 0 radical (unpaired) electrons. The van der Waals surface area contributed by atoms with Gasteiger partial charge in [-0.15, -0.1) is 0 Å². The number of hydrogen-bond donors (Lipinski definition) is 1. The lowest BCUT2D eigenvalue weighted by Gasteiger charge is -2.45. The van der Waals surface area contributed by atoms with Crippen molar-refractivity contribution >= 4 is 0 Å². The van der Waals surface area contributed by atoms with Crippen LogP contribution in [-0.4, -0.2) is 38.5 Å². The zero-order valence-corrected chi connectivity index (χ0v) is 13.0. The van der Waals surface area contributed by atoms with Crippen molar-refractivity contribution in [2.24, 2.45) is 17.8 Å². The Morgan fingerprint density at radius 2 is 1.95 bits per heavy atom. The largest absolute Gasteiger partial charge is 0.381 e. The van der Waals surface area contributed by atoms with E-state index in [1.165, 1.54) is 38.6 Å². The Balaban J connectivity index is 1.60. The highest BCUT2D eigenvalue weighted by Crippen LogP contribution is 2.46. The Bertz CT molecular complexity index is 296. The van der Waals surface area contributed by atoms with Crippen LogP contribution in [0.1, 0.15) is 51.9 Å². The van der Waals surface area contributed by atoms with Gasteiger partial charge < -0.3 is 14.8 Å². The van der Waals surface area contributed by atoms with Crippen molar-refractivity contribution in [1.29, 1.82) is 0 Å². The van der Waals surface area contributed by atoms with Crippen LogP contribution in [0.5, 0.6) is 0 Å². The zero-order valence-electron chi connectivity index (χ0n) is 13.0. The van der Waals surface area contributed by atoms with Crippen LogP contribution in [-0.2, 0) is 9.47 Å². The molecule has 3 unspecified atom stereocenters. The van der Waals surface area contributed by atoms with Crippen LogP contribution >= 0.6 is 0 Å². The molecule has 3 nitrogen and oxygen atoms in total. The van der Waals surface area contributed by atoms with Gasteiger partial charge >= 0.3 is 0 Å². The van der Waals surface area contributed by atoms with E-state index in [1.807, 2.05) is 0 Å². The Labute approximate surface area is 123 Å². The molecule has 3 fully saturated rings. The van der Waals surface area contributed by atoms with E-state index in [4.69, 9.17) is 9.47 Å². The molecule has 3 aliphatic rings. The van der Waals surface area contributed by atoms with Gasteiger partial charge in [0, 0.05) is 19.8 Å². The third-order valence-corrected chi connectivity index (χ3v) is 5.92. The fourth-order valence-electron chi connectivity index (χ4n) is 4.79. The van der Waals surface area contributed by atoms with Crippen LogP contribution < -0.4 is 5.32 Å². The quantitative estimate of drug-likeness (QED) is 0.859. The number of ether oxygens (including phenoxy) is 2. The van der Waals surface area contributed by atoms with Gasteiger partial charge in [0.25, 0.3) is 0 Å². The van der Waals surface area contributed by atoms with Crippen LogP contribution in [0, 0.1) is 17.8 Å². The lowest BCUT2D eigenvalue weighted by molar-refractivity contribution is -0.154. The molecule has 116 valence electrons. The van der Waals surface area contributed by atoms with E-state index in [0.717, 1.165) is 57.0 Å². The van der Waals surface area contributed by atoms with Gasteiger partial charge in [-0.3, -0.25) is 0 Å². The maximum atomic E-state index is 6.22. The van der Waals surface area contributed by atoms with Crippen molar-refractivity contribution in [3.8, 4) is 0 Å². The van der Waals surface area contributed by atoms with Gasteiger partial charge in [0.15, 0.2) is 0 Å². The molecule has 2 aliphatic heterocycles. The van der Waals surface area contributed by atoms with Crippen LogP contribution in [0.2, 0.25) is 0 Å². The molecule has 1 aliphatic carbocycles. The van der Waals surface area contributed by atoms with E-state index in [9.17, 15) is 0 Å². The monoisotopic (exact) mass is 281 g/mol. The molecule has 1 N–H and O–H groups in total. The number of hydrogen-bond acceptors (Lipinski definition) is 3. The van der Waals surface area contributed by atoms with Crippen LogP contribution in [0.25, 0.3) is 0 Å². The maximum absolute atomic E-state index is 6.22. The van der Waals surface area contributed by atoms with E-state index < -0.39 is 0 Å². The SMILES string of the molecule is CCNCC1CCCC1C1CCOC2(CCOCC2)C1. The summed E-state index contributed by atoms with van der Waals surface area (Å²) >= 11 is 0. The molecular formula is C17H31NO2. The Morgan fingerprint density at radius 3 is 2.75 bits per heavy atom. The van der Waals surface area contributed by atoms with E-state index in [0.29, 0.717) is 0 Å². The third-order valence-electron chi connectivity index (χ3n) is 5.92. The lowest BCUT2D eigenvalue weighted by atomic mass is 9.72. The first-order valence-electron chi connectivity index (χ1n) is 8.75. The molecular weight excluding hydrogens is 250 g/mol. The fourth-order valence-corrected chi connectivity index (χ4v) is 4.79. The summed E-state index contributed by atoms with van der Waals surface area (Å²) in [6, 6.07) is 0. The van der Waals surface area contributed by atoms with Crippen molar-refractivity contribution < 1.29 is 9.47 Å². The normalized spacial score (nSPS) is 37.4. The molecule has 0 aromatic heterocycles. The minimum Gasteiger partial charge on any atom is -0.381 e. The smallest absolute Gasteiger partial charge is 0.0729 e. The number of rotatable bonds is 4. The summed E-state index contributed by atoms with van der Waals surface area (Å²) in [7, 11) is 0. The first kappa shape index (κ1) is 14.8. The average Bonchev–Trinajstić information content (AvgIpc) is 2.94. The third kappa shape index (κ3) is 3.20. The summed E-state index contributed by atoms with van der Waals surface area (Å²) in [5.74, 6) is 2.75. The highest BCUT2D eigenvalue weighted by atomic mass is 16.5. The van der Waals surface area contributed by atoms with Gasteiger partial charge in [-0.05, 0) is 69.4 Å². The van der Waals surface area contributed by atoms with Gasteiger partial charge in [-0.2, -0.15) is 0 Å². The molecule has 2 heterocycles. The minimum atomic E-state index is 0.173. The second-order valence-corrected chi connectivity index (χ2v) is 7.06. The van der Waals surface area contributed by atoms with E-state index in [-0.39, 0.29) is 5.60 Å². The predicted octanol–water partition coefficient (Wildman–Crippen LogP) is 2.99. The van der Waals surface area contributed by atoms with Crippen molar-refractivity contribution in [3.05, 3.63) is 0 Å². The molecule has 0 bridgehead atoms. The van der Waals surface area contributed by atoms with E-state index in [1.54, 1.807) is 0 Å². The topological polar surface area (TPSA) is 30.5 Å². The summed E-state index contributed by atoms with van der Waals surface area (Å²) in [4.78, 5) is 0. The Morgan fingerprint density at radius 1 is 1.10 bits per heavy atom. The minimum absolute atomic E-state index is 0.173. The highest BCUT2D eigenvalue weighted by molar-refractivity contribution is 4.94. The summed E-state index contributed by atoms with van der Waals surface area (Å²) in [5, 5.41) is 3.58. The first-order valence-corrected chi connectivity index (χ1v) is 8.75. The van der Waals surface area contributed by atoms with Crippen molar-refractivity contribution in [2.75, 3.05) is 32.9 Å². The van der Waals surface area contributed by atoms with Gasteiger partial charge in [-0.1, -0.05) is 13.3 Å². The Hall–Kier alpha value is -0.120. The molecule has 3 rings (SSSR count). The fraction of sp³-hybridized carbons (Fsp3) is 1.00. The number of nitrogens with one attached hydrogen (secondary N) is 1. The van der Waals surface area contributed by atoms with Crippen molar-refractivity contribution in [2.45, 2.75) is 57.5 Å². The standard InChI is InChI=1S/C17H31NO2/c1-2-18-13-15-4-3-5-16(15)14-6-9-20-17(12-14)7-10-19-11-8-17/h14-16,18H,2-13H2,1H3. The lowest BCUT2D eigenvalue weighted by Crippen LogP contribution is -2.46. The Kier molecular flexibility index (Phi) is 5.00. The summed E-state index contributed by atoms with van der Waals surface area (Å²) in [6.07, 6.45) is 9.15. The summed E-state index contributed by atoms with van der Waals surface area (Å²) in [5.41, 5.74) is 0.173. The first-order chi connectivity index (χ1) is 9.83. The van der Waals surface area contributed by atoms with Crippen LogP contribution in [0.15, 0.2) is 0 Å². The molecule has 0 aromatic rings. The van der Waals surface area contributed by atoms with E-state index >= 15 is 0 Å². The maximum Gasteiger partial charge on any atom is 0.0729 e. The van der Waals surface area contributed by atoms with E-state index in [2.05, 4.69) is 12.2 Å². The average molecular weight is 281 g/mol. The molecule has 2 saturated heterocycles. The van der Waals surface area contributed by atoms with Gasteiger partial charge in [0.1, 0.15) is 0 Å². The summed E-state index contributed by atoms with van der Waals surface area (Å²) < 4.78 is 11.8. The molecule has 3 atom stereocenters. The van der Waals surface area contributed by atoms with Crippen LogP contribution in [0.3, 0.4) is 0 Å². The zero-order chi connectivity index (χ0) is 13.8. The molecule has 1 spiro atoms. The van der Waals surface area contributed by atoms with Crippen molar-refractivity contribution in [3.63, 3.8) is 0 Å². The molecule has 0 aromatic carbocycles. The van der Waals surface area contributed by atoms with Gasteiger partial charge in [-0.25, -0.2) is 0 Å². The second-order valence-electron chi connectivity index (χ2n) is 7.06. The molecule has 0 amide bonds. The molecule has 20 heavy (non-hydrogen) atoms. The predicted molar refractivity (Wildman–Crippen MR) is 80.8 cm³/mol. The van der Waals surface area contributed by atoms with Gasteiger partial charge in [0.2, 0.25) is 0 Å². The van der Waals surface area contributed by atoms with Gasteiger partial charge in [0.05, 0.1) is 5.60 Å². The second kappa shape index (κ2) is 6.76. The summed E-state index contributed by atoms with van der Waals surface area (Å²) in [6.45, 7) is 7.34. The van der Waals surface area contributed by atoms with Crippen LogP contribution in [0.4, 0.5) is 0 Å². The molecule has 3 heteroatoms. The molecule has 1 saturated carbocycles. The van der Waals surface area contributed by atoms with Crippen molar-refractivity contribution in [1.82, 2.24) is 5.32 Å². The highest BCUT2D eigenvalue weighted by Gasteiger charge is 2.43.